The third-order valence-electron chi connectivity index (χ3n) is 2.57. The van der Waals surface area contributed by atoms with Gasteiger partial charge in [-0.25, -0.2) is 17.9 Å². The van der Waals surface area contributed by atoms with E-state index in [-0.39, 0.29) is 17.0 Å². The van der Waals surface area contributed by atoms with E-state index >= 15 is 0 Å². The van der Waals surface area contributed by atoms with Gasteiger partial charge in [-0.05, 0) is 31.7 Å². The third kappa shape index (κ3) is 4.02. The third-order valence-corrected chi connectivity index (χ3v) is 4.17. The van der Waals surface area contributed by atoms with Gasteiger partial charge in [0.2, 0.25) is 10.0 Å². The van der Waals surface area contributed by atoms with Crippen LogP contribution in [0.3, 0.4) is 0 Å². The summed E-state index contributed by atoms with van der Waals surface area (Å²) in [5.41, 5.74) is 0.784. The molecule has 0 radical (unpaired) electrons. The first-order valence-electron chi connectivity index (χ1n) is 5.75. The van der Waals surface area contributed by atoms with Crippen LogP contribution in [-0.2, 0) is 14.8 Å². The second-order valence-electron chi connectivity index (χ2n) is 3.97. The van der Waals surface area contributed by atoms with Gasteiger partial charge in [0.15, 0.2) is 0 Å². The molecule has 0 aliphatic heterocycles. The molecule has 0 bridgehead atoms. The molecule has 6 nitrogen and oxygen atoms in total. The Bertz CT molecular complexity index is 555. The molecule has 0 saturated carbocycles. The molecule has 2 N–H and O–H groups in total. The Balaban J connectivity index is 3.07. The van der Waals surface area contributed by atoms with Crippen LogP contribution in [0, 0.1) is 6.92 Å². The van der Waals surface area contributed by atoms with Gasteiger partial charge in [0.1, 0.15) is 0 Å². The van der Waals surface area contributed by atoms with Gasteiger partial charge in [-0.3, -0.25) is 0 Å². The van der Waals surface area contributed by atoms with E-state index in [0.717, 1.165) is 0 Å². The van der Waals surface area contributed by atoms with Crippen LogP contribution in [0.4, 0.5) is 0 Å². The maximum absolute atomic E-state index is 12.1. The Morgan fingerprint density at radius 2 is 2.00 bits per heavy atom. The van der Waals surface area contributed by atoms with Gasteiger partial charge in [0, 0.05) is 13.1 Å². The predicted octanol–water partition coefficient (Wildman–Crippen LogP) is 0.279. The second kappa shape index (κ2) is 6.65. The van der Waals surface area contributed by atoms with E-state index in [4.69, 9.17) is 0 Å². The first-order chi connectivity index (χ1) is 8.92. The zero-order chi connectivity index (χ0) is 14.5. The van der Waals surface area contributed by atoms with Crippen molar-refractivity contribution in [3.05, 3.63) is 29.3 Å². The van der Waals surface area contributed by atoms with E-state index in [9.17, 15) is 13.2 Å². The highest BCUT2D eigenvalue weighted by Crippen LogP contribution is 2.17. The Kier molecular flexibility index (Phi) is 5.46. The number of carbonyl (C=O) groups excluding carboxylic acids is 1. The van der Waals surface area contributed by atoms with Gasteiger partial charge in [0.05, 0.1) is 17.6 Å². The van der Waals surface area contributed by atoms with Crippen LogP contribution in [0.5, 0.6) is 0 Å². The summed E-state index contributed by atoms with van der Waals surface area (Å²) in [7, 11) is -0.640. The number of ether oxygens (including phenoxy) is 1. The molecule has 0 heterocycles. The molecule has 19 heavy (non-hydrogen) atoms. The number of likely N-dealkylation sites (N-methyl/N-ethyl adjacent to an activating group) is 1. The maximum Gasteiger partial charge on any atom is 0.337 e. The Labute approximate surface area is 113 Å². The molecule has 0 aromatic heterocycles. The highest BCUT2D eigenvalue weighted by atomic mass is 32.2. The van der Waals surface area contributed by atoms with Crippen molar-refractivity contribution in [1.29, 1.82) is 0 Å². The summed E-state index contributed by atoms with van der Waals surface area (Å²) in [4.78, 5) is 11.5. The molecular formula is C12H18N2O4S. The summed E-state index contributed by atoms with van der Waals surface area (Å²) < 4.78 is 31.2. The van der Waals surface area contributed by atoms with Crippen molar-refractivity contribution >= 4 is 16.0 Å². The van der Waals surface area contributed by atoms with Gasteiger partial charge in [0.25, 0.3) is 0 Å². The zero-order valence-corrected chi connectivity index (χ0v) is 12.0. The van der Waals surface area contributed by atoms with Crippen LogP contribution in [0.15, 0.2) is 23.1 Å². The summed E-state index contributed by atoms with van der Waals surface area (Å²) in [5, 5.41) is 2.84. The van der Waals surface area contributed by atoms with Crippen molar-refractivity contribution in [3.63, 3.8) is 0 Å². The fourth-order valence-electron chi connectivity index (χ4n) is 1.52. The highest BCUT2D eigenvalue weighted by Gasteiger charge is 2.18. The summed E-state index contributed by atoms with van der Waals surface area (Å²) in [6.07, 6.45) is 0. The first-order valence-corrected chi connectivity index (χ1v) is 7.24. The molecule has 7 heteroatoms. The van der Waals surface area contributed by atoms with Crippen LogP contribution in [-0.4, -0.2) is 41.6 Å². The number of rotatable bonds is 6. The minimum absolute atomic E-state index is 0.0894. The molecule has 0 saturated heterocycles. The predicted molar refractivity (Wildman–Crippen MR) is 71.6 cm³/mol. The Morgan fingerprint density at radius 3 is 2.58 bits per heavy atom. The van der Waals surface area contributed by atoms with Crippen LogP contribution < -0.4 is 10.0 Å². The molecule has 0 amide bonds. The van der Waals surface area contributed by atoms with E-state index in [0.29, 0.717) is 12.1 Å². The van der Waals surface area contributed by atoms with Crippen molar-refractivity contribution in [2.24, 2.45) is 0 Å². The number of carbonyl (C=O) groups is 1. The lowest BCUT2D eigenvalue weighted by Gasteiger charge is -2.10. The van der Waals surface area contributed by atoms with E-state index in [2.05, 4.69) is 14.8 Å². The zero-order valence-electron chi connectivity index (χ0n) is 11.2. The van der Waals surface area contributed by atoms with E-state index in [1.165, 1.54) is 19.2 Å². The topological polar surface area (TPSA) is 84.5 Å². The number of nitrogens with one attached hydrogen (secondary N) is 2. The number of benzene rings is 1. The number of esters is 1. The normalized spacial score (nSPS) is 11.3. The van der Waals surface area contributed by atoms with Crippen LogP contribution >= 0.6 is 0 Å². The number of hydrogen-bond acceptors (Lipinski definition) is 5. The lowest BCUT2D eigenvalue weighted by molar-refractivity contribution is 0.0600. The maximum atomic E-state index is 12.1. The van der Waals surface area contributed by atoms with Gasteiger partial charge in [-0.1, -0.05) is 6.07 Å². The van der Waals surface area contributed by atoms with Gasteiger partial charge in [-0.15, -0.1) is 0 Å². The molecule has 106 valence electrons. The van der Waals surface area contributed by atoms with Crippen LogP contribution in [0.2, 0.25) is 0 Å². The molecule has 1 aromatic rings. The summed E-state index contributed by atoms with van der Waals surface area (Å²) in [5.74, 6) is -0.563. The van der Waals surface area contributed by atoms with Crippen molar-refractivity contribution in [2.45, 2.75) is 11.8 Å². The van der Waals surface area contributed by atoms with Crippen LogP contribution in [0.25, 0.3) is 0 Å². The second-order valence-corrected chi connectivity index (χ2v) is 5.71. The summed E-state index contributed by atoms with van der Waals surface area (Å²) in [6, 6.07) is 4.44. The summed E-state index contributed by atoms with van der Waals surface area (Å²) in [6.45, 7) is 2.48. The van der Waals surface area contributed by atoms with Gasteiger partial charge in [-0.2, -0.15) is 0 Å². The van der Waals surface area contributed by atoms with E-state index < -0.39 is 16.0 Å². The molecular weight excluding hydrogens is 268 g/mol. The Hall–Kier alpha value is -1.44. The molecule has 0 unspecified atom stereocenters. The Morgan fingerprint density at radius 1 is 1.32 bits per heavy atom. The van der Waals surface area contributed by atoms with Gasteiger partial charge >= 0.3 is 5.97 Å². The van der Waals surface area contributed by atoms with Gasteiger partial charge < -0.3 is 10.1 Å². The monoisotopic (exact) mass is 286 g/mol. The largest absolute Gasteiger partial charge is 0.465 e. The molecule has 1 rings (SSSR count). The molecule has 0 fully saturated rings. The number of aryl methyl sites for hydroxylation is 1. The van der Waals surface area contributed by atoms with Crippen LogP contribution in [0.1, 0.15) is 15.9 Å². The number of sulfonamides is 1. The first kappa shape index (κ1) is 15.6. The average molecular weight is 286 g/mol. The van der Waals surface area contributed by atoms with Crippen molar-refractivity contribution in [3.8, 4) is 0 Å². The quantitative estimate of drug-likeness (QED) is 0.579. The fraction of sp³-hybridized carbons (Fsp3) is 0.417. The smallest absolute Gasteiger partial charge is 0.337 e. The molecule has 1 aromatic carbocycles. The highest BCUT2D eigenvalue weighted by molar-refractivity contribution is 7.89. The van der Waals surface area contributed by atoms with E-state index in [1.54, 1.807) is 20.0 Å². The minimum atomic E-state index is -3.63. The lowest BCUT2D eigenvalue weighted by Crippen LogP contribution is -2.31. The average Bonchev–Trinajstić information content (AvgIpc) is 2.38. The van der Waals surface area contributed by atoms with Crippen molar-refractivity contribution in [1.82, 2.24) is 10.0 Å². The molecule has 0 spiro atoms. The van der Waals surface area contributed by atoms with Crippen molar-refractivity contribution < 1.29 is 17.9 Å². The fourth-order valence-corrected chi connectivity index (χ4v) is 2.82. The molecule has 0 aliphatic carbocycles. The molecule has 0 atom stereocenters. The number of methoxy groups -OCH3 is 1. The summed E-state index contributed by atoms with van der Waals surface area (Å²) >= 11 is 0. The van der Waals surface area contributed by atoms with E-state index in [1.807, 2.05) is 0 Å². The SMILES string of the molecule is CNCCNS(=O)(=O)c1cc(C(=O)OC)ccc1C. The standard InChI is InChI=1S/C12H18N2O4S/c1-9-4-5-10(12(15)18-3)8-11(9)19(16,17)14-7-6-13-2/h4-5,8,13-14H,6-7H2,1-3H3. The minimum Gasteiger partial charge on any atom is -0.465 e. The number of hydrogen-bond donors (Lipinski definition) is 2. The lowest BCUT2D eigenvalue weighted by atomic mass is 10.1. The van der Waals surface area contributed by atoms with Crippen molar-refractivity contribution in [2.75, 3.05) is 27.2 Å². The molecule has 0 aliphatic rings.